The minimum Gasteiger partial charge on any atom is -0.507 e. The van der Waals surface area contributed by atoms with Crippen LogP contribution in [0.4, 0.5) is 0 Å². The minimum absolute atomic E-state index is 0.0443. The molecule has 0 bridgehead atoms. The summed E-state index contributed by atoms with van der Waals surface area (Å²) in [6, 6.07) is 15.4. The average molecular weight is 499 g/mol. The molecule has 0 fully saturated rings. The summed E-state index contributed by atoms with van der Waals surface area (Å²) in [7, 11) is 0. The van der Waals surface area contributed by atoms with Gasteiger partial charge in [-0.2, -0.15) is 0 Å². The van der Waals surface area contributed by atoms with Crippen molar-refractivity contribution in [3.8, 4) is 11.5 Å². The Bertz CT molecular complexity index is 1400. The molecule has 0 spiro atoms. The molecule has 0 unspecified atom stereocenters. The fraction of sp³-hybridized carbons (Fsp3) is 0.323. The Hall–Kier alpha value is -3.93. The van der Waals surface area contributed by atoms with Gasteiger partial charge in [0.2, 0.25) is 0 Å². The summed E-state index contributed by atoms with van der Waals surface area (Å²) in [4.78, 5) is 38.2. The van der Waals surface area contributed by atoms with Crippen molar-refractivity contribution in [2.75, 3.05) is 0 Å². The van der Waals surface area contributed by atoms with Crippen LogP contribution in [0.2, 0.25) is 0 Å². The number of rotatable bonds is 1. The van der Waals surface area contributed by atoms with Crippen LogP contribution in [0.15, 0.2) is 54.6 Å². The molecule has 0 saturated heterocycles. The van der Waals surface area contributed by atoms with Crippen LogP contribution < -0.4 is 4.74 Å². The van der Waals surface area contributed by atoms with Gasteiger partial charge in [0.05, 0.1) is 12.5 Å². The van der Waals surface area contributed by atoms with E-state index in [2.05, 4.69) is 0 Å². The topological polar surface area (TPSA) is 89.9 Å². The Morgan fingerprint density at radius 1 is 0.973 bits per heavy atom. The molecule has 2 aliphatic rings. The molecule has 0 amide bonds. The number of hydrogen-bond acceptors (Lipinski definition) is 6. The second kappa shape index (κ2) is 10.6. The van der Waals surface area contributed by atoms with Crippen LogP contribution in [0.25, 0.3) is 16.8 Å². The van der Waals surface area contributed by atoms with Crippen molar-refractivity contribution in [1.29, 1.82) is 0 Å². The highest BCUT2D eigenvalue weighted by molar-refractivity contribution is 5.99. The van der Waals surface area contributed by atoms with Crippen molar-refractivity contribution < 1.29 is 29.0 Å². The second-order valence-corrected chi connectivity index (χ2v) is 9.84. The maximum absolute atomic E-state index is 13.4. The first-order valence-electron chi connectivity index (χ1n) is 12.9. The summed E-state index contributed by atoms with van der Waals surface area (Å²) in [5, 5.41) is 13.6. The smallest absolute Gasteiger partial charge is 0.342 e. The van der Waals surface area contributed by atoms with Crippen molar-refractivity contribution in [3.05, 3.63) is 76.9 Å². The Kier molecular flexibility index (Phi) is 7.08. The van der Waals surface area contributed by atoms with E-state index < -0.39 is 24.0 Å². The van der Waals surface area contributed by atoms with Gasteiger partial charge in [0.15, 0.2) is 0 Å². The summed E-state index contributed by atoms with van der Waals surface area (Å²) in [5.74, 6) is -1.29. The van der Waals surface area contributed by atoms with Crippen molar-refractivity contribution in [2.45, 2.75) is 63.9 Å². The van der Waals surface area contributed by atoms with E-state index in [0.29, 0.717) is 49.7 Å². The first-order chi connectivity index (χ1) is 17.9. The number of phenolic OH excluding ortho intramolecular Hbond substituents is 1. The number of aromatic hydroxyl groups is 1. The zero-order chi connectivity index (χ0) is 25.9. The van der Waals surface area contributed by atoms with Gasteiger partial charge in [0.1, 0.15) is 22.8 Å². The van der Waals surface area contributed by atoms with E-state index in [9.17, 15) is 19.5 Å². The van der Waals surface area contributed by atoms with Gasteiger partial charge in [-0.3, -0.25) is 9.59 Å². The van der Waals surface area contributed by atoms with Gasteiger partial charge in [-0.05, 0) is 60.6 Å². The Balaban J connectivity index is 1.64. The highest BCUT2D eigenvalue weighted by Crippen LogP contribution is 2.48. The standard InChI is InChI=1S/C31H30O6/c1-19-9-7-14-22(32)13-4-2-3-11-21-17-26-29(30(34)28(21)31(35)36-19)25(18-27(33)37-26)24-16-8-12-20-10-5-6-15-23(20)24/h3,5-6,8,10-12,15-17,19,25,34H,2,4,7,9,13-14,18H2,1H3/b11-3+/t19-,25+/m1/s1. The Morgan fingerprint density at radius 2 is 1.76 bits per heavy atom. The van der Waals surface area contributed by atoms with Crippen LogP contribution in [0.1, 0.15) is 84.8 Å². The molecule has 190 valence electrons. The average Bonchev–Trinajstić information content (AvgIpc) is 2.87. The number of fused-ring (bicyclic) bond motifs is 3. The van der Waals surface area contributed by atoms with E-state index in [1.807, 2.05) is 48.5 Å². The van der Waals surface area contributed by atoms with E-state index in [1.165, 1.54) is 0 Å². The van der Waals surface area contributed by atoms with Crippen molar-refractivity contribution in [2.24, 2.45) is 0 Å². The van der Waals surface area contributed by atoms with E-state index in [-0.39, 0.29) is 29.3 Å². The molecule has 3 aromatic rings. The molecule has 2 atom stereocenters. The van der Waals surface area contributed by atoms with Gasteiger partial charge in [-0.15, -0.1) is 0 Å². The SMILES string of the molecule is C[C@@H]1CCCC(=O)CCC/C=C/c2cc3c(c(O)c2C(=O)O1)[C@H](c1cccc2ccccc12)CC(=O)O3. The molecule has 0 saturated carbocycles. The molecule has 1 N–H and O–H groups in total. The summed E-state index contributed by atoms with van der Waals surface area (Å²) < 4.78 is 11.3. The van der Waals surface area contributed by atoms with Gasteiger partial charge in [0.25, 0.3) is 0 Å². The number of carbonyl (C=O) groups is 3. The summed E-state index contributed by atoms with van der Waals surface area (Å²) in [6.45, 7) is 1.79. The molecule has 3 aromatic carbocycles. The molecule has 0 aliphatic carbocycles. The van der Waals surface area contributed by atoms with Crippen molar-refractivity contribution in [1.82, 2.24) is 0 Å². The van der Waals surface area contributed by atoms with Gasteiger partial charge < -0.3 is 14.6 Å². The lowest BCUT2D eigenvalue weighted by Crippen LogP contribution is -2.23. The van der Waals surface area contributed by atoms with Crippen molar-refractivity contribution in [3.63, 3.8) is 0 Å². The maximum atomic E-state index is 13.4. The summed E-state index contributed by atoms with van der Waals surface area (Å²) in [6.07, 6.45) is 6.76. The summed E-state index contributed by atoms with van der Waals surface area (Å²) in [5.41, 5.74) is 1.79. The number of allylic oxidation sites excluding steroid dienone is 1. The number of carbonyl (C=O) groups excluding carboxylic acids is 3. The van der Waals surface area contributed by atoms with E-state index in [4.69, 9.17) is 9.47 Å². The lowest BCUT2D eigenvalue weighted by Gasteiger charge is -2.28. The molecule has 6 heteroatoms. The van der Waals surface area contributed by atoms with Gasteiger partial charge in [-0.1, -0.05) is 54.6 Å². The predicted molar refractivity (Wildman–Crippen MR) is 141 cm³/mol. The largest absolute Gasteiger partial charge is 0.507 e. The number of phenols is 1. The Morgan fingerprint density at radius 3 is 2.62 bits per heavy atom. The van der Waals surface area contributed by atoms with Gasteiger partial charge in [-0.25, -0.2) is 4.79 Å². The molecule has 0 aromatic heterocycles. The minimum atomic E-state index is -0.635. The molecule has 37 heavy (non-hydrogen) atoms. The van der Waals surface area contributed by atoms with E-state index in [1.54, 1.807) is 19.1 Å². The second-order valence-electron chi connectivity index (χ2n) is 9.84. The van der Waals surface area contributed by atoms with E-state index in [0.717, 1.165) is 16.3 Å². The molecule has 2 aliphatic heterocycles. The van der Waals surface area contributed by atoms with Gasteiger partial charge >= 0.3 is 11.9 Å². The maximum Gasteiger partial charge on any atom is 0.342 e. The molecule has 5 rings (SSSR count). The third-order valence-electron chi connectivity index (χ3n) is 7.18. The number of Topliss-reactive ketones (excluding diaryl/α,β-unsaturated/α-hetero) is 1. The zero-order valence-corrected chi connectivity index (χ0v) is 20.9. The third-order valence-corrected chi connectivity index (χ3v) is 7.18. The monoisotopic (exact) mass is 498 g/mol. The molecule has 2 heterocycles. The van der Waals surface area contributed by atoms with Crippen LogP contribution in [0, 0.1) is 0 Å². The van der Waals surface area contributed by atoms with Crippen molar-refractivity contribution >= 4 is 34.6 Å². The van der Waals surface area contributed by atoms with Crippen LogP contribution >= 0.6 is 0 Å². The first kappa shape index (κ1) is 24.8. The van der Waals surface area contributed by atoms with E-state index >= 15 is 0 Å². The first-order valence-corrected chi connectivity index (χ1v) is 12.9. The zero-order valence-electron chi connectivity index (χ0n) is 20.9. The van der Waals surface area contributed by atoms with Crippen LogP contribution in [0.5, 0.6) is 11.5 Å². The molecule has 6 nitrogen and oxygen atoms in total. The normalized spacial score (nSPS) is 21.8. The number of ether oxygens (including phenoxy) is 2. The lowest BCUT2D eigenvalue weighted by molar-refractivity contribution is -0.135. The fourth-order valence-corrected chi connectivity index (χ4v) is 5.34. The quantitative estimate of drug-likeness (QED) is 0.306. The van der Waals surface area contributed by atoms with Crippen LogP contribution in [-0.4, -0.2) is 28.9 Å². The third kappa shape index (κ3) is 5.15. The van der Waals surface area contributed by atoms with Crippen LogP contribution in [-0.2, 0) is 14.3 Å². The number of hydrogen-bond donors (Lipinski definition) is 1. The number of benzene rings is 3. The number of ketones is 1. The molecular formula is C31H30O6. The molecule has 0 radical (unpaired) electrons. The highest BCUT2D eigenvalue weighted by Gasteiger charge is 2.36. The highest BCUT2D eigenvalue weighted by atomic mass is 16.5. The van der Waals surface area contributed by atoms with Gasteiger partial charge in [0, 0.05) is 24.3 Å². The fourth-order valence-electron chi connectivity index (χ4n) is 5.34. The lowest BCUT2D eigenvalue weighted by atomic mass is 9.81. The Labute approximate surface area is 215 Å². The number of esters is 2. The molecular weight excluding hydrogens is 468 g/mol. The predicted octanol–water partition coefficient (Wildman–Crippen LogP) is 6.47. The van der Waals surface area contributed by atoms with Crippen LogP contribution in [0.3, 0.4) is 0 Å². The number of cyclic esters (lactones) is 1. The summed E-state index contributed by atoms with van der Waals surface area (Å²) >= 11 is 0.